The minimum absolute atomic E-state index is 0.264. The van der Waals surface area contributed by atoms with Gasteiger partial charge >= 0.3 is 0 Å². The molecule has 1 amide bonds. The van der Waals surface area contributed by atoms with Crippen molar-refractivity contribution in [2.24, 2.45) is 4.99 Å². The van der Waals surface area contributed by atoms with E-state index in [4.69, 9.17) is 0 Å². The first-order valence-corrected chi connectivity index (χ1v) is 9.44. The van der Waals surface area contributed by atoms with Gasteiger partial charge in [0, 0.05) is 13.1 Å². The number of nitrogens with one attached hydrogen (secondary N) is 3. The van der Waals surface area contributed by atoms with Gasteiger partial charge < -0.3 is 21.1 Å². The summed E-state index contributed by atoms with van der Waals surface area (Å²) in [6.07, 6.45) is 2.91. The molecule has 6 nitrogen and oxygen atoms in total. The van der Waals surface area contributed by atoms with Crippen LogP contribution in [0.1, 0.15) is 46.5 Å². The lowest BCUT2D eigenvalue weighted by molar-refractivity contribution is -0.114. The van der Waals surface area contributed by atoms with Crippen LogP contribution in [0, 0.1) is 17.5 Å². The Morgan fingerprint density at radius 1 is 1.07 bits per heavy atom. The van der Waals surface area contributed by atoms with Crippen molar-refractivity contribution in [1.29, 1.82) is 0 Å². The molecule has 0 saturated heterocycles. The van der Waals surface area contributed by atoms with Crippen molar-refractivity contribution < 1.29 is 23.1 Å². The zero-order valence-corrected chi connectivity index (χ0v) is 16.5. The van der Waals surface area contributed by atoms with Crippen LogP contribution in [0.5, 0.6) is 0 Å². The summed E-state index contributed by atoms with van der Waals surface area (Å²) in [5.41, 5.74) is -1.34. The molecule has 0 aliphatic heterocycles. The molecule has 158 valence electrons. The summed E-state index contributed by atoms with van der Waals surface area (Å²) in [6, 6.07) is 1.67. The van der Waals surface area contributed by atoms with Crippen LogP contribution in [0.2, 0.25) is 0 Å². The topological polar surface area (TPSA) is 85.8 Å². The molecule has 0 fully saturated rings. The second kappa shape index (κ2) is 11.5. The van der Waals surface area contributed by atoms with Gasteiger partial charge in [-0.25, -0.2) is 18.2 Å². The van der Waals surface area contributed by atoms with E-state index in [1.54, 1.807) is 0 Å². The second-order valence-corrected chi connectivity index (χ2v) is 6.54. The van der Waals surface area contributed by atoms with Crippen LogP contribution in [0.4, 0.5) is 18.9 Å². The highest BCUT2D eigenvalue weighted by atomic mass is 19.2. The predicted molar refractivity (Wildman–Crippen MR) is 104 cm³/mol. The van der Waals surface area contributed by atoms with Crippen molar-refractivity contribution in [1.82, 2.24) is 10.6 Å². The number of hydrogen-bond donors (Lipinski definition) is 4. The van der Waals surface area contributed by atoms with Crippen molar-refractivity contribution in [3.05, 3.63) is 29.6 Å². The Balaban J connectivity index is 2.73. The number of carbonyl (C=O) groups excluding carboxylic acids is 1. The van der Waals surface area contributed by atoms with E-state index >= 15 is 0 Å². The van der Waals surface area contributed by atoms with Gasteiger partial charge in [0.25, 0.3) is 0 Å². The summed E-state index contributed by atoms with van der Waals surface area (Å²) in [7, 11) is 0. The van der Waals surface area contributed by atoms with E-state index in [2.05, 4.69) is 20.9 Å². The lowest BCUT2D eigenvalue weighted by Gasteiger charge is -2.28. The summed E-state index contributed by atoms with van der Waals surface area (Å²) in [6.45, 7) is 6.25. The smallest absolute Gasteiger partial charge is 0.246 e. The molecule has 0 heterocycles. The lowest BCUT2D eigenvalue weighted by atomic mass is 9.93. The zero-order chi connectivity index (χ0) is 21.2. The van der Waals surface area contributed by atoms with Crippen molar-refractivity contribution in [2.45, 2.75) is 52.1 Å². The first-order chi connectivity index (χ1) is 13.3. The summed E-state index contributed by atoms with van der Waals surface area (Å²) >= 11 is 0. The highest BCUT2D eigenvalue weighted by Gasteiger charge is 2.25. The number of aliphatic imine (C=N–C) groups is 1. The molecule has 0 radical (unpaired) electrons. The average molecular weight is 402 g/mol. The Labute approximate surface area is 163 Å². The molecule has 0 aliphatic carbocycles. The maximum atomic E-state index is 13.6. The van der Waals surface area contributed by atoms with Gasteiger partial charge in [0.1, 0.15) is 6.54 Å². The van der Waals surface area contributed by atoms with E-state index in [9.17, 15) is 23.1 Å². The fourth-order valence-electron chi connectivity index (χ4n) is 2.79. The van der Waals surface area contributed by atoms with E-state index in [0.29, 0.717) is 25.3 Å². The molecule has 0 aromatic heterocycles. The van der Waals surface area contributed by atoms with E-state index in [0.717, 1.165) is 25.0 Å². The molecule has 0 unspecified atom stereocenters. The molecule has 0 spiro atoms. The van der Waals surface area contributed by atoms with Crippen LogP contribution >= 0.6 is 0 Å². The molecule has 1 aromatic rings. The molecule has 9 heteroatoms. The number of anilines is 1. The molecule has 4 N–H and O–H groups in total. The number of rotatable bonds is 10. The quantitative estimate of drug-likeness (QED) is 0.275. The third-order valence-corrected chi connectivity index (χ3v) is 4.05. The molecule has 0 bridgehead atoms. The van der Waals surface area contributed by atoms with Crippen LogP contribution in [0.25, 0.3) is 0 Å². The first kappa shape index (κ1) is 23.7. The minimum atomic E-state index is -1.65. The van der Waals surface area contributed by atoms with Crippen LogP contribution in [-0.4, -0.2) is 42.2 Å². The second-order valence-electron chi connectivity index (χ2n) is 6.54. The number of benzene rings is 1. The number of amides is 1. The fourth-order valence-corrected chi connectivity index (χ4v) is 2.79. The number of nitrogens with zero attached hydrogens (tertiary/aromatic N) is 1. The van der Waals surface area contributed by atoms with Gasteiger partial charge in [0.2, 0.25) is 5.91 Å². The highest BCUT2D eigenvalue weighted by Crippen LogP contribution is 2.20. The largest absolute Gasteiger partial charge is 0.388 e. The summed E-state index contributed by atoms with van der Waals surface area (Å²) in [4.78, 5) is 16.1. The summed E-state index contributed by atoms with van der Waals surface area (Å²) in [5, 5.41) is 18.8. The van der Waals surface area contributed by atoms with Crippen molar-refractivity contribution in [3.63, 3.8) is 0 Å². The molecule has 28 heavy (non-hydrogen) atoms. The standard InChI is InChI=1S/C19H29F3N4O2/c1-4-9-19(28,10-5-2)12-25-18(23-6-3)24-11-15(27)26-14-8-7-13(20)16(21)17(14)22/h7-8,28H,4-6,9-12H2,1-3H3,(H,26,27)(H2,23,24,25). The molecule has 0 aliphatic rings. The predicted octanol–water partition coefficient (Wildman–Crippen LogP) is 2.93. The normalized spacial score (nSPS) is 12.0. The van der Waals surface area contributed by atoms with Gasteiger partial charge in [-0.3, -0.25) is 4.79 Å². The third kappa shape index (κ3) is 7.38. The molecular weight excluding hydrogens is 373 g/mol. The van der Waals surface area contributed by atoms with Crippen LogP contribution in [0.3, 0.4) is 0 Å². The van der Waals surface area contributed by atoms with Crippen LogP contribution in [0.15, 0.2) is 17.1 Å². The molecule has 0 saturated carbocycles. The lowest BCUT2D eigenvalue weighted by Crippen LogP contribution is -2.47. The number of halogens is 3. The number of aliphatic hydroxyl groups is 1. The van der Waals surface area contributed by atoms with Gasteiger partial charge in [-0.15, -0.1) is 0 Å². The average Bonchev–Trinajstić information content (AvgIpc) is 2.65. The number of hydrogen-bond acceptors (Lipinski definition) is 3. The van der Waals surface area contributed by atoms with Crippen LogP contribution < -0.4 is 16.0 Å². The van der Waals surface area contributed by atoms with E-state index in [-0.39, 0.29) is 13.1 Å². The number of guanidine groups is 1. The van der Waals surface area contributed by atoms with Gasteiger partial charge in [-0.05, 0) is 31.9 Å². The third-order valence-electron chi connectivity index (χ3n) is 4.05. The molecule has 1 rings (SSSR count). The van der Waals surface area contributed by atoms with Gasteiger partial charge in [-0.1, -0.05) is 26.7 Å². The number of carbonyl (C=O) groups is 1. The van der Waals surface area contributed by atoms with E-state index < -0.39 is 34.6 Å². The van der Waals surface area contributed by atoms with Crippen molar-refractivity contribution >= 4 is 17.6 Å². The summed E-state index contributed by atoms with van der Waals surface area (Å²) in [5.74, 6) is -4.83. The SMILES string of the molecule is CCCC(O)(CCC)CNC(=NCC(=O)Nc1ccc(F)c(F)c1F)NCC. The van der Waals surface area contributed by atoms with E-state index in [1.165, 1.54) is 0 Å². The first-order valence-electron chi connectivity index (χ1n) is 9.44. The monoisotopic (exact) mass is 402 g/mol. The Morgan fingerprint density at radius 3 is 2.29 bits per heavy atom. The Bertz CT molecular complexity index is 677. The van der Waals surface area contributed by atoms with Gasteiger partial charge in [0.15, 0.2) is 23.4 Å². The Kier molecular flexibility index (Phi) is 9.78. The summed E-state index contributed by atoms with van der Waals surface area (Å²) < 4.78 is 39.8. The van der Waals surface area contributed by atoms with Crippen molar-refractivity contribution in [2.75, 3.05) is 25.0 Å². The maximum Gasteiger partial charge on any atom is 0.246 e. The zero-order valence-electron chi connectivity index (χ0n) is 16.5. The highest BCUT2D eigenvalue weighted by molar-refractivity contribution is 5.94. The van der Waals surface area contributed by atoms with Gasteiger partial charge in [0.05, 0.1) is 11.3 Å². The molecular formula is C19H29F3N4O2. The van der Waals surface area contributed by atoms with E-state index in [1.807, 2.05) is 20.8 Å². The molecule has 0 atom stereocenters. The molecule has 1 aromatic carbocycles. The fraction of sp³-hybridized carbons (Fsp3) is 0.579. The maximum absolute atomic E-state index is 13.6. The minimum Gasteiger partial charge on any atom is -0.388 e. The Hall–Kier alpha value is -2.29. The van der Waals surface area contributed by atoms with Crippen LogP contribution in [-0.2, 0) is 4.79 Å². The Morgan fingerprint density at radius 2 is 1.71 bits per heavy atom. The van der Waals surface area contributed by atoms with Gasteiger partial charge in [-0.2, -0.15) is 0 Å². The van der Waals surface area contributed by atoms with Crippen molar-refractivity contribution in [3.8, 4) is 0 Å².